The van der Waals surface area contributed by atoms with Crippen molar-refractivity contribution < 1.29 is 28.8 Å². The normalized spacial score (nSPS) is 29.8. The molecule has 0 aromatic heterocycles. The molecular weight excluding hydrogens is 300 g/mol. The zero-order valence-corrected chi connectivity index (χ0v) is 13.5. The van der Waals surface area contributed by atoms with Crippen molar-refractivity contribution in [1.82, 2.24) is 15.4 Å². The Morgan fingerprint density at radius 1 is 1.09 bits per heavy atom. The molecule has 0 radical (unpaired) electrons. The summed E-state index contributed by atoms with van der Waals surface area (Å²) in [5.41, 5.74) is 5.91. The number of methoxy groups -OCH3 is 2. The second-order valence-electron chi connectivity index (χ2n) is 3.76. The van der Waals surface area contributed by atoms with E-state index in [9.17, 15) is 0 Å². The molecule has 12 nitrogen and oxygen atoms in total. The van der Waals surface area contributed by atoms with Crippen molar-refractivity contribution in [2.75, 3.05) is 42.7 Å². The minimum absolute atomic E-state index is 0.147. The van der Waals surface area contributed by atoms with E-state index in [-0.39, 0.29) is 5.96 Å². The number of nitrogens with zero attached hydrogens (tertiary/aromatic N) is 5. The summed E-state index contributed by atoms with van der Waals surface area (Å²) in [7, 11) is 8.03. The topological polar surface area (TPSA) is 116 Å². The van der Waals surface area contributed by atoms with Crippen molar-refractivity contribution >= 4 is 12.7 Å². The van der Waals surface area contributed by atoms with E-state index in [4.69, 9.17) is 34.6 Å². The maximum Gasteiger partial charge on any atom is 0.360 e. The average molecular weight is 322 g/mol. The Bertz CT molecular complexity index is 421. The first-order valence-corrected chi connectivity index (χ1v) is 5.98. The molecule has 1 aliphatic rings. The third-order valence-corrected chi connectivity index (χ3v) is 2.95. The first kappa shape index (κ1) is 18.7. The number of rotatable bonds is 8. The molecule has 22 heavy (non-hydrogen) atoms. The van der Waals surface area contributed by atoms with E-state index < -0.39 is 11.9 Å². The van der Waals surface area contributed by atoms with Gasteiger partial charge in [0.25, 0.3) is 0 Å². The second kappa shape index (κ2) is 7.26. The molecule has 0 saturated carbocycles. The lowest BCUT2D eigenvalue weighted by Crippen LogP contribution is -2.76. The summed E-state index contributed by atoms with van der Waals surface area (Å²) in [4.78, 5) is 28.7. The molecule has 1 heterocycles. The predicted octanol–water partition coefficient (Wildman–Crippen LogP) is -1.32. The fourth-order valence-corrected chi connectivity index (χ4v) is 2.10. The summed E-state index contributed by atoms with van der Waals surface area (Å²) in [5, 5.41) is 2.96. The molecule has 2 unspecified atom stereocenters. The number of guanidine groups is 1. The van der Waals surface area contributed by atoms with Gasteiger partial charge >= 0.3 is 11.9 Å². The lowest BCUT2D eigenvalue weighted by Gasteiger charge is -2.52. The van der Waals surface area contributed by atoms with E-state index in [1.54, 1.807) is 0 Å². The molecule has 0 aromatic carbocycles. The van der Waals surface area contributed by atoms with Crippen LogP contribution in [0.3, 0.4) is 0 Å². The monoisotopic (exact) mass is 322 g/mol. The van der Waals surface area contributed by atoms with Gasteiger partial charge in [-0.05, 0) is 11.8 Å². The van der Waals surface area contributed by atoms with Gasteiger partial charge in [-0.1, -0.05) is 0 Å². The largest absolute Gasteiger partial charge is 0.368 e. The first-order valence-electron chi connectivity index (χ1n) is 5.98. The fraction of sp³-hybridized carbons (Fsp3) is 0.800. The van der Waals surface area contributed by atoms with Crippen molar-refractivity contribution in [1.29, 1.82) is 0 Å². The van der Waals surface area contributed by atoms with Gasteiger partial charge in [0.15, 0.2) is 0 Å². The molecule has 128 valence electrons. The van der Waals surface area contributed by atoms with Crippen LogP contribution < -0.4 is 5.73 Å². The van der Waals surface area contributed by atoms with E-state index >= 15 is 0 Å². The van der Waals surface area contributed by atoms with Gasteiger partial charge < -0.3 is 15.2 Å². The van der Waals surface area contributed by atoms with Gasteiger partial charge in [0.2, 0.25) is 5.96 Å². The third kappa shape index (κ3) is 2.45. The summed E-state index contributed by atoms with van der Waals surface area (Å²) in [6.07, 6.45) is 0. The number of hydrogen-bond donors (Lipinski definition) is 1. The predicted molar refractivity (Wildman–Crippen MR) is 74.2 cm³/mol. The number of nitrogens with two attached hydrogens (primary N) is 1. The van der Waals surface area contributed by atoms with Gasteiger partial charge in [-0.25, -0.2) is 4.99 Å². The third-order valence-electron chi connectivity index (χ3n) is 2.95. The van der Waals surface area contributed by atoms with Gasteiger partial charge in [0.05, 0.1) is 28.4 Å². The van der Waals surface area contributed by atoms with E-state index in [0.29, 0.717) is 0 Å². The van der Waals surface area contributed by atoms with Crippen LogP contribution in [0.4, 0.5) is 0 Å². The molecule has 0 spiro atoms. The summed E-state index contributed by atoms with van der Waals surface area (Å²) in [6, 6.07) is 0. The molecule has 0 aromatic rings. The number of aliphatic imine (C=N–C) groups is 2. The van der Waals surface area contributed by atoms with Crippen LogP contribution in [0.1, 0.15) is 0 Å². The molecule has 2 atom stereocenters. The Labute approximate surface area is 128 Å². The lowest BCUT2D eigenvalue weighted by atomic mass is 10.5. The molecule has 0 fully saturated rings. The average Bonchev–Trinajstić information content (AvgIpc) is 2.54. The Balaban J connectivity index is 3.63. The molecule has 12 heteroatoms. The number of hydroxylamine groups is 6. The van der Waals surface area contributed by atoms with Crippen LogP contribution in [0.25, 0.3) is 0 Å². The Morgan fingerprint density at radius 2 is 1.68 bits per heavy atom. The number of ether oxygens (including phenoxy) is 2. The molecule has 0 amide bonds. The highest BCUT2D eigenvalue weighted by Crippen LogP contribution is 2.38. The van der Waals surface area contributed by atoms with Gasteiger partial charge in [-0.3, -0.25) is 19.4 Å². The van der Waals surface area contributed by atoms with Gasteiger partial charge in [-0.2, -0.15) is 10.1 Å². The number of hydrogen-bond acceptors (Lipinski definition) is 12. The van der Waals surface area contributed by atoms with E-state index in [1.807, 2.05) is 0 Å². The van der Waals surface area contributed by atoms with Crippen LogP contribution in [0.15, 0.2) is 9.98 Å². The highest BCUT2D eigenvalue weighted by atomic mass is 17.0. The Hall–Kier alpha value is -1.38. The molecule has 0 saturated heterocycles. The highest BCUT2D eigenvalue weighted by Gasteiger charge is 2.64. The van der Waals surface area contributed by atoms with Crippen molar-refractivity contribution in [2.24, 2.45) is 15.7 Å². The summed E-state index contributed by atoms with van der Waals surface area (Å²) < 4.78 is 10.8. The van der Waals surface area contributed by atoms with Crippen molar-refractivity contribution in [3.8, 4) is 0 Å². The van der Waals surface area contributed by atoms with E-state index in [2.05, 4.69) is 16.7 Å². The molecular formula is C10H22N6O6. The Morgan fingerprint density at radius 3 is 2.00 bits per heavy atom. The maximum absolute atomic E-state index is 5.91. The van der Waals surface area contributed by atoms with Crippen molar-refractivity contribution in [3.05, 3.63) is 0 Å². The van der Waals surface area contributed by atoms with Crippen LogP contribution in [-0.2, 0) is 28.8 Å². The molecule has 0 aliphatic carbocycles. The lowest BCUT2D eigenvalue weighted by molar-refractivity contribution is -0.552. The van der Waals surface area contributed by atoms with Crippen LogP contribution in [-0.4, -0.2) is 82.6 Å². The molecule has 0 bridgehead atoms. The van der Waals surface area contributed by atoms with Crippen molar-refractivity contribution in [3.63, 3.8) is 0 Å². The first-order chi connectivity index (χ1) is 10.5. The van der Waals surface area contributed by atoms with Crippen LogP contribution in [0.2, 0.25) is 0 Å². The standard InChI is InChI=1S/C10H22N6O6/c1-12-9(17-2)14(19-4)8(11)13-10(18-3,15(9)20-5)16(21-6)22-7/h1H2,2-7H3,(H2,11,13). The minimum Gasteiger partial charge on any atom is -0.368 e. The fourth-order valence-electron chi connectivity index (χ4n) is 2.10. The van der Waals surface area contributed by atoms with Gasteiger partial charge in [-0.15, -0.1) is 0 Å². The summed E-state index contributed by atoms with van der Waals surface area (Å²) in [5.74, 6) is -3.74. The van der Waals surface area contributed by atoms with Crippen LogP contribution >= 0.6 is 0 Å². The van der Waals surface area contributed by atoms with Crippen molar-refractivity contribution in [2.45, 2.75) is 11.9 Å². The maximum atomic E-state index is 5.91. The summed E-state index contributed by atoms with van der Waals surface area (Å²) in [6.45, 7) is 3.48. The molecule has 1 rings (SSSR count). The van der Waals surface area contributed by atoms with Crippen LogP contribution in [0, 0.1) is 0 Å². The van der Waals surface area contributed by atoms with Gasteiger partial charge in [0, 0.05) is 19.4 Å². The van der Waals surface area contributed by atoms with E-state index in [0.717, 1.165) is 15.4 Å². The zero-order valence-electron chi connectivity index (χ0n) is 13.5. The smallest absolute Gasteiger partial charge is 0.360 e. The molecule has 2 N–H and O–H groups in total. The Kier molecular flexibility index (Phi) is 6.16. The van der Waals surface area contributed by atoms with Gasteiger partial charge in [0.1, 0.15) is 0 Å². The summed E-state index contributed by atoms with van der Waals surface area (Å²) >= 11 is 0. The second-order valence-corrected chi connectivity index (χ2v) is 3.76. The minimum atomic E-state index is -1.82. The highest BCUT2D eigenvalue weighted by molar-refractivity contribution is 5.78. The SMILES string of the molecule is C=NC1(OC)N(OC)C(N)=NC(OC)(N(OC)OC)N1OC. The van der Waals surface area contributed by atoms with Crippen LogP contribution in [0.5, 0.6) is 0 Å². The molecule has 1 aliphatic heterocycles. The van der Waals surface area contributed by atoms with E-state index in [1.165, 1.54) is 42.7 Å². The zero-order chi connectivity index (χ0) is 17.0. The quantitative estimate of drug-likeness (QED) is 0.328.